The predicted molar refractivity (Wildman–Crippen MR) is 67.6 cm³/mol. The van der Waals surface area contributed by atoms with Crippen molar-refractivity contribution in [3.63, 3.8) is 0 Å². The molecule has 1 rings (SSSR count). The van der Waals surface area contributed by atoms with Crippen molar-refractivity contribution in [2.75, 3.05) is 0 Å². The van der Waals surface area contributed by atoms with Crippen LogP contribution < -0.4 is 0 Å². The van der Waals surface area contributed by atoms with Gasteiger partial charge in [-0.25, -0.2) is 0 Å². The molecular formula is C13H13OS. The molecule has 0 saturated heterocycles. The fraction of sp³-hybridized carbons (Fsp3) is 0.154. The number of hydrogen-bond donors (Lipinski definition) is 1. The van der Waals surface area contributed by atoms with Gasteiger partial charge in [0.15, 0.2) is 0 Å². The molecule has 0 aliphatic carbocycles. The molecule has 0 fully saturated rings. The van der Waals surface area contributed by atoms with E-state index < -0.39 is 0 Å². The van der Waals surface area contributed by atoms with Gasteiger partial charge < -0.3 is 5.11 Å². The van der Waals surface area contributed by atoms with E-state index in [-0.39, 0.29) is 0 Å². The summed E-state index contributed by atoms with van der Waals surface area (Å²) >= 11 is 4.77. The Morgan fingerprint density at radius 1 is 1.20 bits per heavy atom. The van der Waals surface area contributed by atoms with E-state index in [9.17, 15) is 5.11 Å². The van der Waals surface area contributed by atoms with Crippen LogP contribution in [-0.2, 0) is 12.8 Å². The average Bonchev–Trinajstić information content (AvgIpc) is 2.24. The first-order chi connectivity index (χ1) is 7.22. The third kappa shape index (κ3) is 2.77. The molecule has 1 nitrogen and oxygen atoms in total. The molecule has 1 aromatic rings. The summed E-state index contributed by atoms with van der Waals surface area (Å²) < 4.78 is 0. The van der Waals surface area contributed by atoms with E-state index in [2.05, 4.69) is 18.5 Å². The van der Waals surface area contributed by atoms with E-state index in [0.29, 0.717) is 18.6 Å². The molecule has 0 amide bonds. The highest BCUT2D eigenvalue weighted by molar-refractivity contribution is 7.79. The van der Waals surface area contributed by atoms with Crippen LogP contribution >= 0.6 is 12.2 Å². The Kier molecular flexibility index (Phi) is 4.25. The summed E-state index contributed by atoms with van der Waals surface area (Å²) in [6, 6.07) is 3.66. The molecule has 0 unspecified atom stereocenters. The van der Waals surface area contributed by atoms with E-state index in [4.69, 9.17) is 12.2 Å². The van der Waals surface area contributed by atoms with Crippen LogP contribution in [0.25, 0.3) is 0 Å². The summed E-state index contributed by atoms with van der Waals surface area (Å²) in [6.07, 6.45) is 4.75. The summed E-state index contributed by atoms with van der Waals surface area (Å²) in [6.45, 7) is 7.30. The zero-order valence-corrected chi connectivity index (χ0v) is 9.31. The lowest BCUT2D eigenvalue weighted by molar-refractivity contribution is 0.464. The van der Waals surface area contributed by atoms with Crippen LogP contribution in [0.1, 0.15) is 16.7 Å². The van der Waals surface area contributed by atoms with Gasteiger partial charge in [0.05, 0.1) is 5.37 Å². The lowest BCUT2D eigenvalue weighted by atomic mass is 10.0. The maximum Gasteiger partial charge on any atom is 0.122 e. The summed E-state index contributed by atoms with van der Waals surface area (Å²) in [5.41, 5.74) is 2.48. The summed E-state index contributed by atoms with van der Waals surface area (Å²) in [7, 11) is 0. The van der Waals surface area contributed by atoms with Crippen LogP contribution in [0.5, 0.6) is 5.75 Å². The maximum absolute atomic E-state index is 9.91. The molecule has 0 bridgehead atoms. The summed E-state index contributed by atoms with van der Waals surface area (Å²) in [5, 5.41) is 12.6. The number of rotatable bonds is 5. The highest BCUT2D eigenvalue weighted by Crippen LogP contribution is 2.25. The number of aromatic hydroxyl groups is 1. The zero-order chi connectivity index (χ0) is 11.3. The number of thiocarbonyl (C=S) groups is 1. The number of phenols is 1. The second kappa shape index (κ2) is 5.47. The molecule has 0 spiro atoms. The Hall–Kier alpha value is -1.41. The Bertz CT molecular complexity index is 363. The minimum Gasteiger partial charge on any atom is -0.507 e. The van der Waals surface area contributed by atoms with Gasteiger partial charge in [-0.15, -0.1) is 13.2 Å². The maximum atomic E-state index is 9.91. The van der Waals surface area contributed by atoms with Gasteiger partial charge >= 0.3 is 0 Å². The molecule has 1 N–H and O–H groups in total. The number of hydrogen-bond acceptors (Lipinski definition) is 2. The second-order valence-electron chi connectivity index (χ2n) is 3.23. The molecule has 2 heteroatoms. The Morgan fingerprint density at radius 3 is 2.00 bits per heavy atom. The van der Waals surface area contributed by atoms with Crippen molar-refractivity contribution in [3.05, 3.63) is 54.1 Å². The number of phenolic OH excluding ortho intramolecular Hbond substituents is 1. The molecular weight excluding hydrogens is 204 g/mol. The van der Waals surface area contributed by atoms with Crippen molar-refractivity contribution in [3.8, 4) is 5.75 Å². The van der Waals surface area contributed by atoms with Gasteiger partial charge in [-0.2, -0.15) is 0 Å². The van der Waals surface area contributed by atoms with Gasteiger partial charge in [-0.1, -0.05) is 24.4 Å². The lowest BCUT2D eigenvalue weighted by Gasteiger charge is -2.08. The first-order valence-electron chi connectivity index (χ1n) is 4.67. The van der Waals surface area contributed by atoms with Crippen LogP contribution in [0.3, 0.4) is 0 Å². The van der Waals surface area contributed by atoms with E-state index in [1.807, 2.05) is 12.1 Å². The first-order valence-corrected chi connectivity index (χ1v) is 5.08. The van der Waals surface area contributed by atoms with Crippen LogP contribution in [0, 0.1) is 0 Å². The SMILES string of the molecule is C=CCc1cc([C]=S)cc(CC=C)c1O. The Labute approximate surface area is 95.8 Å². The zero-order valence-electron chi connectivity index (χ0n) is 8.49. The van der Waals surface area contributed by atoms with Gasteiger partial charge in [0.2, 0.25) is 0 Å². The third-order valence-electron chi connectivity index (χ3n) is 2.11. The predicted octanol–water partition coefficient (Wildman–Crippen LogP) is 3.07. The van der Waals surface area contributed by atoms with Gasteiger partial charge in [0.25, 0.3) is 0 Å². The molecule has 77 valence electrons. The molecule has 1 aromatic carbocycles. The largest absolute Gasteiger partial charge is 0.507 e. The number of allylic oxidation sites excluding steroid dienone is 2. The van der Waals surface area contributed by atoms with Crippen LogP contribution in [0.4, 0.5) is 0 Å². The quantitative estimate of drug-likeness (QED) is 0.604. The van der Waals surface area contributed by atoms with Gasteiger partial charge in [-0.3, -0.25) is 0 Å². The van der Waals surface area contributed by atoms with E-state index in [0.717, 1.165) is 16.7 Å². The smallest absolute Gasteiger partial charge is 0.122 e. The van der Waals surface area contributed by atoms with Crippen LogP contribution in [0.2, 0.25) is 0 Å². The summed E-state index contributed by atoms with van der Waals surface area (Å²) in [4.78, 5) is 0. The summed E-state index contributed by atoms with van der Waals surface area (Å²) in [5.74, 6) is 0.309. The van der Waals surface area contributed by atoms with E-state index >= 15 is 0 Å². The van der Waals surface area contributed by atoms with Gasteiger partial charge in [0.1, 0.15) is 5.75 Å². The monoisotopic (exact) mass is 217 g/mol. The van der Waals surface area contributed by atoms with Crippen molar-refractivity contribution < 1.29 is 5.11 Å². The van der Waals surface area contributed by atoms with E-state index in [1.165, 1.54) is 0 Å². The lowest BCUT2D eigenvalue weighted by Crippen LogP contribution is -1.93. The number of benzene rings is 1. The molecule has 1 radical (unpaired) electrons. The fourth-order valence-electron chi connectivity index (χ4n) is 1.44. The average molecular weight is 217 g/mol. The van der Waals surface area contributed by atoms with Crippen molar-refractivity contribution in [2.24, 2.45) is 0 Å². The topological polar surface area (TPSA) is 20.2 Å². The van der Waals surface area contributed by atoms with Crippen molar-refractivity contribution >= 4 is 17.6 Å². The molecule has 15 heavy (non-hydrogen) atoms. The second-order valence-corrected chi connectivity index (χ2v) is 3.43. The minimum absolute atomic E-state index is 0.309. The van der Waals surface area contributed by atoms with E-state index in [1.54, 1.807) is 12.2 Å². The molecule has 0 aliphatic rings. The highest BCUT2D eigenvalue weighted by Gasteiger charge is 2.07. The van der Waals surface area contributed by atoms with Gasteiger partial charge in [0, 0.05) is 0 Å². The van der Waals surface area contributed by atoms with Crippen molar-refractivity contribution in [1.29, 1.82) is 0 Å². The van der Waals surface area contributed by atoms with Crippen molar-refractivity contribution in [1.82, 2.24) is 0 Å². The normalized spacial score (nSPS) is 9.60. The molecule has 0 aromatic heterocycles. The third-order valence-corrected chi connectivity index (χ3v) is 2.35. The minimum atomic E-state index is 0.309. The Morgan fingerprint density at radius 2 is 1.67 bits per heavy atom. The van der Waals surface area contributed by atoms with Gasteiger partial charge in [-0.05, 0) is 41.7 Å². The standard InChI is InChI=1S/C13H13OS/c1-3-5-11-7-10(9-15)8-12(6-4-2)13(11)14/h3-4,7-8,14H,1-2,5-6H2. The molecule has 0 saturated carbocycles. The first kappa shape index (κ1) is 11.7. The van der Waals surface area contributed by atoms with Crippen LogP contribution in [0.15, 0.2) is 37.4 Å². The molecule has 0 aliphatic heterocycles. The Balaban J connectivity index is 3.25. The van der Waals surface area contributed by atoms with Crippen molar-refractivity contribution in [2.45, 2.75) is 12.8 Å². The highest BCUT2D eigenvalue weighted by atomic mass is 32.1. The molecule has 0 heterocycles. The fourth-order valence-corrected chi connectivity index (χ4v) is 1.56. The molecule has 0 atom stereocenters. The van der Waals surface area contributed by atoms with Crippen LogP contribution in [-0.4, -0.2) is 10.5 Å².